The summed E-state index contributed by atoms with van der Waals surface area (Å²) < 4.78 is 0. The van der Waals surface area contributed by atoms with E-state index in [1.807, 2.05) is 32.8 Å². The summed E-state index contributed by atoms with van der Waals surface area (Å²) in [7, 11) is 3.90. The number of rotatable bonds is 4. The van der Waals surface area contributed by atoms with E-state index < -0.39 is 0 Å². The number of nitrogens with one attached hydrogen (secondary N) is 1. The molecule has 1 heterocycles. The zero-order chi connectivity index (χ0) is 13.9. The van der Waals surface area contributed by atoms with E-state index in [0.717, 1.165) is 0 Å². The summed E-state index contributed by atoms with van der Waals surface area (Å²) in [4.78, 5) is 14.0. The van der Waals surface area contributed by atoms with Gasteiger partial charge in [0.2, 0.25) is 0 Å². The summed E-state index contributed by atoms with van der Waals surface area (Å²) in [6.45, 7) is 4.52. The van der Waals surface area contributed by atoms with Crippen LogP contribution < -0.4 is 5.32 Å². The molecule has 0 aromatic carbocycles. The Labute approximate surface area is 116 Å². The highest BCUT2D eigenvalue weighted by molar-refractivity contribution is 6.34. The van der Waals surface area contributed by atoms with Gasteiger partial charge in [-0.25, -0.2) is 0 Å². The minimum atomic E-state index is -0.313. The number of likely N-dealkylation sites (N-methyl/N-ethyl adjacent to an activating group) is 1. The van der Waals surface area contributed by atoms with Crippen molar-refractivity contribution in [2.75, 3.05) is 20.6 Å². The molecule has 0 fully saturated rings. The third kappa shape index (κ3) is 3.80. The van der Waals surface area contributed by atoms with Gasteiger partial charge in [0.15, 0.2) is 10.3 Å². The third-order valence-electron chi connectivity index (χ3n) is 2.86. The fourth-order valence-corrected chi connectivity index (χ4v) is 1.39. The Morgan fingerprint density at radius 2 is 2.00 bits per heavy atom. The molecule has 0 aliphatic rings. The Kier molecular flexibility index (Phi) is 4.90. The maximum Gasteiger partial charge on any atom is 0.254 e. The monoisotopic (exact) mass is 290 g/mol. The van der Waals surface area contributed by atoms with Crippen LogP contribution in [0.1, 0.15) is 24.2 Å². The van der Waals surface area contributed by atoms with Gasteiger partial charge in [-0.3, -0.25) is 4.79 Å². The summed E-state index contributed by atoms with van der Waals surface area (Å²) in [6.07, 6.45) is 0. The summed E-state index contributed by atoms with van der Waals surface area (Å²) >= 11 is 11.5. The molecule has 1 rings (SSSR count). The molecule has 0 saturated carbocycles. The molecule has 5 nitrogen and oxygen atoms in total. The molecule has 0 atom stereocenters. The first-order valence-electron chi connectivity index (χ1n) is 5.38. The third-order valence-corrected chi connectivity index (χ3v) is 3.32. The van der Waals surface area contributed by atoms with Crippen molar-refractivity contribution in [2.45, 2.75) is 19.4 Å². The molecule has 0 saturated heterocycles. The maximum absolute atomic E-state index is 11.9. The van der Waals surface area contributed by atoms with Gasteiger partial charge >= 0.3 is 0 Å². The smallest absolute Gasteiger partial charge is 0.254 e. The van der Waals surface area contributed by atoms with Crippen LogP contribution in [-0.4, -0.2) is 47.2 Å². The predicted molar refractivity (Wildman–Crippen MR) is 72.2 cm³/mol. The lowest BCUT2D eigenvalue weighted by Gasteiger charge is -2.32. The zero-order valence-electron chi connectivity index (χ0n) is 10.8. The zero-order valence-corrected chi connectivity index (χ0v) is 12.3. The van der Waals surface area contributed by atoms with Crippen molar-refractivity contribution in [3.8, 4) is 0 Å². The van der Waals surface area contributed by atoms with E-state index in [0.29, 0.717) is 6.54 Å². The molecule has 1 aromatic heterocycles. The van der Waals surface area contributed by atoms with E-state index >= 15 is 0 Å². The summed E-state index contributed by atoms with van der Waals surface area (Å²) in [5, 5.41) is 10.1. The molecule has 0 bridgehead atoms. The number of hydrogen-bond acceptors (Lipinski definition) is 4. The van der Waals surface area contributed by atoms with Gasteiger partial charge in [-0.2, -0.15) is 0 Å². The first-order chi connectivity index (χ1) is 8.24. The summed E-state index contributed by atoms with van der Waals surface area (Å²) in [6, 6.07) is 1.40. The van der Waals surface area contributed by atoms with E-state index in [1.165, 1.54) is 6.07 Å². The molecular formula is C11H16Cl2N4O. The average molecular weight is 291 g/mol. The molecule has 1 N–H and O–H groups in total. The molecule has 18 heavy (non-hydrogen) atoms. The lowest BCUT2D eigenvalue weighted by Crippen LogP contribution is -2.48. The highest BCUT2D eigenvalue weighted by Gasteiger charge is 2.22. The van der Waals surface area contributed by atoms with Crippen molar-refractivity contribution in [1.82, 2.24) is 20.4 Å². The van der Waals surface area contributed by atoms with Crippen LogP contribution in [0.4, 0.5) is 0 Å². The lowest BCUT2D eigenvalue weighted by atomic mass is 10.0. The van der Waals surface area contributed by atoms with Crippen LogP contribution in [0.5, 0.6) is 0 Å². The second-order valence-corrected chi connectivity index (χ2v) is 5.51. The fraction of sp³-hybridized carbons (Fsp3) is 0.545. The molecule has 0 aliphatic heterocycles. The first-order valence-corrected chi connectivity index (χ1v) is 6.14. The molecule has 1 amide bonds. The van der Waals surface area contributed by atoms with Crippen LogP contribution in [0.3, 0.4) is 0 Å². The van der Waals surface area contributed by atoms with Crippen LogP contribution in [-0.2, 0) is 0 Å². The van der Waals surface area contributed by atoms with Gasteiger partial charge in [-0.15, -0.1) is 10.2 Å². The SMILES string of the molecule is CN(C)C(C)(C)CNC(=O)c1cc(Cl)nnc1Cl. The Hall–Kier alpha value is -0.910. The molecule has 0 spiro atoms. The number of aromatic nitrogens is 2. The molecule has 7 heteroatoms. The number of carbonyl (C=O) groups is 1. The highest BCUT2D eigenvalue weighted by Crippen LogP contribution is 2.15. The largest absolute Gasteiger partial charge is 0.350 e. The molecule has 0 aliphatic carbocycles. The van der Waals surface area contributed by atoms with Gasteiger partial charge in [0, 0.05) is 12.1 Å². The number of hydrogen-bond donors (Lipinski definition) is 1. The molecule has 0 radical (unpaired) electrons. The van der Waals surface area contributed by atoms with Crippen molar-refractivity contribution in [3.63, 3.8) is 0 Å². The van der Waals surface area contributed by atoms with E-state index in [-0.39, 0.29) is 27.3 Å². The van der Waals surface area contributed by atoms with Crippen LogP contribution in [0.2, 0.25) is 10.3 Å². The number of nitrogens with zero attached hydrogens (tertiary/aromatic N) is 3. The summed E-state index contributed by atoms with van der Waals surface area (Å²) in [5.41, 5.74) is 0.0677. The minimum absolute atomic E-state index is 0.0413. The Balaban J connectivity index is 2.75. The van der Waals surface area contributed by atoms with Crippen LogP contribution in [0.15, 0.2) is 6.07 Å². The highest BCUT2D eigenvalue weighted by atomic mass is 35.5. The van der Waals surface area contributed by atoms with Gasteiger partial charge in [-0.1, -0.05) is 23.2 Å². The van der Waals surface area contributed by atoms with E-state index in [4.69, 9.17) is 23.2 Å². The predicted octanol–water partition coefficient (Wildman–Crippen LogP) is 1.85. The summed E-state index contributed by atoms with van der Waals surface area (Å²) in [5.74, 6) is -0.313. The lowest BCUT2D eigenvalue weighted by molar-refractivity contribution is 0.0919. The van der Waals surface area contributed by atoms with Crippen LogP contribution in [0, 0.1) is 0 Å². The van der Waals surface area contributed by atoms with E-state index in [2.05, 4.69) is 15.5 Å². The van der Waals surface area contributed by atoms with Gasteiger partial charge < -0.3 is 10.2 Å². The quantitative estimate of drug-likeness (QED) is 0.920. The van der Waals surface area contributed by atoms with Gasteiger partial charge in [0.25, 0.3) is 5.91 Å². The second kappa shape index (κ2) is 5.82. The standard InChI is InChI=1S/C11H16Cl2N4O/c1-11(2,17(3)4)6-14-10(18)7-5-8(12)15-16-9(7)13/h5H,6H2,1-4H3,(H,14,18). The van der Waals surface area contributed by atoms with E-state index in [9.17, 15) is 4.79 Å². The topological polar surface area (TPSA) is 58.1 Å². The molecule has 1 aromatic rings. The number of amides is 1. The number of carbonyl (C=O) groups excluding carboxylic acids is 1. The van der Waals surface area contributed by atoms with Crippen molar-refractivity contribution >= 4 is 29.1 Å². The molecule has 100 valence electrons. The van der Waals surface area contributed by atoms with Crippen LogP contribution >= 0.6 is 23.2 Å². The van der Waals surface area contributed by atoms with Crippen molar-refractivity contribution < 1.29 is 4.79 Å². The van der Waals surface area contributed by atoms with Gasteiger partial charge in [0.1, 0.15) is 0 Å². The van der Waals surface area contributed by atoms with Crippen LogP contribution in [0.25, 0.3) is 0 Å². The van der Waals surface area contributed by atoms with Crippen molar-refractivity contribution in [2.24, 2.45) is 0 Å². The number of halogens is 2. The van der Waals surface area contributed by atoms with Gasteiger partial charge in [-0.05, 0) is 34.0 Å². The van der Waals surface area contributed by atoms with Crippen molar-refractivity contribution in [1.29, 1.82) is 0 Å². The molecule has 0 unspecified atom stereocenters. The second-order valence-electron chi connectivity index (χ2n) is 4.76. The Morgan fingerprint density at radius 3 is 2.56 bits per heavy atom. The first kappa shape index (κ1) is 15.1. The Bertz CT molecular complexity index is 449. The van der Waals surface area contributed by atoms with Crippen molar-refractivity contribution in [3.05, 3.63) is 21.9 Å². The minimum Gasteiger partial charge on any atom is -0.350 e. The average Bonchev–Trinajstić information content (AvgIpc) is 2.29. The maximum atomic E-state index is 11.9. The molecular weight excluding hydrogens is 275 g/mol. The Morgan fingerprint density at radius 1 is 1.39 bits per heavy atom. The van der Waals surface area contributed by atoms with E-state index in [1.54, 1.807) is 0 Å². The normalized spacial score (nSPS) is 11.7. The fourth-order valence-electron chi connectivity index (χ4n) is 1.06. The van der Waals surface area contributed by atoms with Gasteiger partial charge in [0.05, 0.1) is 5.56 Å².